The summed E-state index contributed by atoms with van der Waals surface area (Å²) in [5.74, 6) is -1.45. The van der Waals surface area contributed by atoms with Gasteiger partial charge in [0.2, 0.25) is 0 Å². The first-order chi connectivity index (χ1) is 17.0. The first-order valence-electron chi connectivity index (χ1n) is 10.7. The highest BCUT2D eigenvalue weighted by Gasteiger charge is 2.34. The molecule has 0 bridgehead atoms. The monoisotopic (exact) mass is 482 g/mol. The second-order valence-corrected chi connectivity index (χ2v) is 8.62. The van der Waals surface area contributed by atoms with E-state index in [1.54, 1.807) is 84.4 Å². The van der Waals surface area contributed by atoms with Crippen molar-refractivity contribution in [2.24, 2.45) is 0 Å². The summed E-state index contributed by atoms with van der Waals surface area (Å²) in [6.07, 6.45) is 1.59. The summed E-state index contributed by atoms with van der Waals surface area (Å²) < 4.78 is 0. The topological polar surface area (TPSA) is 108 Å². The number of aromatic nitrogens is 1. The number of benzene rings is 3. The number of nitrogens with zero attached hydrogens (tertiary/aromatic N) is 2. The molecule has 1 aliphatic heterocycles. The van der Waals surface area contributed by atoms with Gasteiger partial charge in [0, 0.05) is 17.1 Å². The van der Waals surface area contributed by atoms with Crippen molar-refractivity contribution in [1.82, 2.24) is 9.88 Å². The second kappa shape index (κ2) is 9.32. The standard InChI is InChI=1S/C26H18N4O4S/c31-22(28-21-8-4-3-7-20(21)23(32)29-26-27-13-14-35-26)17-11-9-16(10-12-17)15-30-24(33)18-5-1-2-6-19(18)25(30)34/h1-14H,15H2,(H,28,31)(H,27,29,32). The predicted molar refractivity (Wildman–Crippen MR) is 132 cm³/mol. The van der Waals surface area contributed by atoms with Crippen LogP contribution >= 0.6 is 11.3 Å². The molecule has 0 saturated carbocycles. The highest BCUT2D eigenvalue weighted by Crippen LogP contribution is 2.25. The van der Waals surface area contributed by atoms with Crippen molar-refractivity contribution >= 4 is 45.8 Å². The van der Waals surface area contributed by atoms with E-state index < -0.39 is 5.91 Å². The number of carbonyl (C=O) groups excluding carboxylic acids is 4. The number of hydrogen-bond donors (Lipinski definition) is 2. The number of amides is 4. The van der Waals surface area contributed by atoms with Crippen LogP contribution in [0.25, 0.3) is 0 Å². The molecule has 1 aromatic heterocycles. The lowest BCUT2D eigenvalue weighted by molar-refractivity contribution is 0.0641. The van der Waals surface area contributed by atoms with Crippen molar-refractivity contribution in [2.75, 3.05) is 10.6 Å². The van der Waals surface area contributed by atoms with Crippen LogP contribution in [0.4, 0.5) is 10.8 Å². The van der Waals surface area contributed by atoms with E-state index in [0.717, 1.165) is 0 Å². The highest BCUT2D eigenvalue weighted by molar-refractivity contribution is 7.13. The van der Waals surface area contributed by atoms with E-state index in [2.05, 4.69) is 15.6 Å². The molecule has 4 amide bonds. The third-order valence-electron chi connectivity index (χ3n) is 5.51. The van der Waals surface area contributed by atoms with Gasteiger partial charge in [-0.3, -0.25) is 29.4 Å². The molecular formula is C26H18N4O4S. The Hall–Kier alpha value is -4.63. The van der Waals surface area contributed by atoms with Gasteiger partial charge in [0.1, 0.15) is 0 Å². The molecule has 9 heteroatoms. The molecule has 0 spiro atoms. The number of anilines is 2. The SMILES string of the molecule is O=C(Nc1ccccc1C(=O)Nc1nccs1)c1ccc(CN2C(=O)c3ccccc3C2=O)cc1. The summed E-state index contributed by atoms with van der Waals surface area (Å²) in [6.45, 7) is 0.105. The average molecular weight is 483 g/mol. The van der Waals surface area contributed by atoms with E-state index in [1.165, 1.54) is 16.2 Å². The maximum atomic E-state index is 12.8. The Bertz CT molecular complexity index is 1410. The molecule has 0 atom stereocenters. The molecule has 4 aromatic rings. The van der Waals surface area contributed by atoms with E-state index in [1.807, 2.05) is 0 Å². The van der Waals surface area contributed by atoms with Gasteiger partial charge in [0.25, 0.3) is 23.6 Å². The van der Waals surface area contributed by atoms with Gasteiger partial charge < -0.3 is 5.32 Å². The lowest BCUT2D eigenvalue weighted by Crippen LogP contribution is -2.29. The van der Waals surface area contributed by atoms with Crippen molar-refractivity contribution in [1.29, 1.82) is 0 Å². The summed E-state index contributed by atoms with van der Waals surface area (Å²) in [4.78, 5) is 55.9. The fraction of sp³-hybridized carbons (Fsp3) is 0.0385. The molecule has 35 heavy (non-hydrogen) atoms. The Morgan fingerprint density at radius 1 is 0.800 bits per heavy atom. The zero-order chi connectivity index (χ0) is 24.4. The number of thiazole rings is 1. The van der Waals surface area contributed by atoms with Gasteiger partial charge in [-0.1, -0.05) is 36.4 Å². The number of rotatable bonds is 6. The Morgan fingerprint density at radius 3 is 2.11 bits per heavy atom. The zero-order valence-corrected chi connectivity index (χ0v) is 19.0. The Labute approximate surface area is 204 Å². The number of fused-ring (bicyclic) bond motifs is 1. The smallest absolute Gasteiger partial charge is 0.261 e. The minimum absolute atomic E-state index is 0.105. The van der Waals surface area contributed by atoms with E-state index in [-0.39, 0.29) is 24.3 Å². The van der Waals surface area contributed by atoms with Crippen LogP contribution in [0.15, 0.2) is 84.4 Å². The Kier molecular flexibility index (Phi) is 5.90. The molecule has 0 aliphatic carbocycles. The largest absolute Gasteiger partial charge is 0.321 e. The minimum Gasteiger partial charge on any atom is -0.321 e. The van der Waals surface area contributed by atoms with Crippen LogP contribution in [0.2, 0.25) is 0 Å². The summed E-state index contributed by atoms with van der Waals surface area (Å²) in [5.41, 5.74) is 2.53. The number of imide groups is 1. The Balaban J connectivity index is 1.27. The molecule has 0 radical (unpaired) electrons. The van der Waals surface area contributed by atoms with Crippen LogP contribution in [-0.2, 0) is 6.54 Å². The normalized spacial score (nSPS) is 12.4. The van der Waals surface area contributed by atoms with E-state index in [9.17, 15) is 19.2 Å². The number of hydrogen-bond acceptors (Lipinski definition) is 6. The molecule has 3 aromatic carbocycles. The van der Waals surface area contributed by atoms with Crippen LogP contribution in [-0.4, -0.2) is 33.5 Å². The molecule has 2 heterocycles. The highest BCUT2D eigenvalue weighted by atomic mass is 32.1. The lowest BCUT2D eigenvalue weighted by atomic mass is 10.1. The van der Waals surface area contributed by atoms with E-state index >= 15 is 0 Å². The van der Waals surface area contributed by atoms with Gasteiger partial charge in [-0.2, -0.15) is 0 Å². The van der Waals surface area contributed by atoms with E-state index in [0.29, 0.717) is 38.6 Å². The Morgan fingerprint density at radius 2 is 1.46 bits per heavy atom. The molecule has 172 valence electrons. The lowest BCUT2D eigenvalue weighted by Gasteiger charge is -2.14. The summed E-state index contributed by atoms with van der Waals surface area (Å²) in [6, 6.07) is 20.0. The molecule has 0 saturated heterocycles. The fourth-order valence-electron chi connectivity index (χ4n) is 3.76. The first-order valence-corrected chi connectivity index (χ1v) is 11.5. The molecule has 5 rings (SSSR count). The maximum absolute atomic E-state index is 12.8. The molecule has 1 aliphatic rings. The minimum atomic E-state index is -0.397. The van der Waals surface area contributed by atoms with Crippen LogP contribution in [0.3, 0.4) is 0 Å². The van der Waals surface area contributed by atoms with E-state index in [4.69, 9.17) is 0 Å². The third-order valence-corrected chi connectivity index (χ3v) is 6.20. The van der Waals surface area contributed by atoms with Crippen molar-refractivity contribution in [2.45, 2.75) is 6.54 Å². The van der Waals surface area contributed by atoms with Crippen molar-refractivity contribution < 1.29 is 19.2 Å². The van der Waals surface area contributed by atoms with Crippen molar-refractivity contribution in [3.05, 3.63) is 112 Å². The summed E-state index contributed by atoms with van der Waals surface area (Å²) in [7, 11) is 0. The van der Waals surface area contributed by atoms with Crippen molar-refractivity contribution in [3.8, 4) is 0 Å². The molecule has 2 N–H and O–H groups in total. The fourth-order valence-corrected chi connectivity index (χ4v) is 4.29. The molecule has 8 nitrogen and oxygen atoms in total. The van der Waals surface area contributed by atoms with Crippen LogP contribution in [0, 0.1) is 0 Å². The van der Waals surface area contributed by atoms with Gasteiger partial charge in [0.15, 0.2) is 5.13 Å². The predicted octanol–water partition coefficient (Wildman–Crippen LogP) is 4.44. The van der Waals surface area contributed by atoms with Crippen molar-refractivity contribution in [3.63, 3.8) is 0 Å². The van der Waals surface area contributed by atoms with Gasteiger partial charge in [-0.05, 0) is 42.0 Å². The van der Waals surface area contributed by atoms with Crippen LogP contribution in [0.5, 0.6) is 0 Å². The second-order valence-electron chi connectivity index (χ2n) is 7.73. The third kappa shape index (κ3) is 4.44. The molecule has 0 fully saturated rings. The summed E-state index contributed by atoms with van der Waals surface area (Å²) >= 11 is 1.30. The summed E-state index contributed by atoms with van der Waals surface area (Å²) in [5, 5.41) is 7.69. The quantitative estimate of drug-likeness (QED) is 0.395. The van der Waals surface area contributed by atoms with Gasteiger partial charge in [-0.25, -0.2) is 4.98 Å². The van der Waals surface area contributed by atoms with Crippen LogP contribution < -0.4 is 10.6 Å². The van der Waals surface area contributed by atoms with Gasteiger partial charge in [0.05, 0.1) is 28.9 Å². The molecular weight excluding hydrogens is 464 g/mol. The average Bonchev–Trinajstić information content (AvgIpc) is 3.47. The molecule has 0 unspecified atom stereocenters. The first kappa shape index (κ1) is 22.2. The zero-order valence-electron chi connectivity index (χ0n) is 18.2. The maximum Gasteiger partial charge on any atom is 0.261 e. The van der Waals surface area contributed by atoms with Gasteiger partial charge >= 0.3 is 0 Å². The number of nitrogens with one attached hydrogen (secondary N) is 2. The van der Waals surface area contributed by atoms with Gasteiger partial charge in [-0.15, -0.1) is 11.3 Å². The van der Waals surface area contributed by atoms with Crippen LogP contribution in [0.1, 0.15) is 47.0 Å². The number of para-hydroxylation sites is 1. The number of carbonyl (C=O) groups is 4.